The van der Waals surface area contributed by atoms with Crippen molar-refractivity contribution in [3.05, 3.63) is 36.0 Å². The lowest BCUT2D eigenvalue weighted by atomic mass is 10.2. The summed E-state index contributed by atoms with van der Waals surface area (Å²) in [6, 6.07) is 5.70. The van der Waals surface area contributed by atoms with Gasteiger partial charge in [0.2, 0.25) is 0 Å². The van der Waals surface area contributed by atoms with Crippen molar-refractivity contribution in [3.8, 4) is 0 Å². The van der Waals surface area contributed by atoms with Crippen molar-refractivity contribution in [1.29, 1.82) is 0 Å². The minimum Gasteiger partial charge on any atom is -0.360 e. The molecule has 0 aliphatic heterocycles. The fourth-order valence-corrected chi connectivity index (χ4v) is 1.23. The van der Waals surface area contributed by atoms with E-state index in [4.69, 9.17) is 0 Å². The van der Waals surface area contributed by atoms with Gasteiger partial charge in [0.15, 0.2) is 0 Å². The Hall–Kier alpha value is -1.64. The lowest BCUT2D eigenvalue weighted by Gasteiger charge is -1.88. The normalized spacial score (nSPS) is 10.4. The van der Waals surface area contributed by atoms with Crippen molar-refractivity contribution in [2.45, 2.75) is 0 Å². The first-order valence-electron chi connectivity index (χ1n) is 3.55. The molecule has 0 saturated heterocycles. The van der Waals surface area contributed by atoms with Crippen molar-refractivity contribution in [1.82, 2.24) is 4.98 Å². The second kappa shape index (κ2) is 2.44. The third kappa shape index (κ3) is 0.906. The van der Waals surface area contributed by atoms with Gasteiger partial charge in [-0.3, -0.25) is 4.79 Å². The number of carbonyl (C=O) groups excluding carboxylic acids is 1. The topological polar surface area (TPSA) is 32.9 Å². The minimum absolute atomic E-state index is 0.102. The van der Waals surface area contributed by atoms with Crippen molar-refractivity contribution in [3.63, 3.8) is 0 Å². The number of para-hydroxylation sites is 1. The van der Waals surface area contributed by atoms with Gasteiger partial charge in [0.05, 0.1) is 5.56 Å². The maximum atomic E-state index is 12.3. The summed E-state index contributed by atoms with van der Waals surface area (Å²) >= 11 is 0. The van der Waals surface area contributed by atoms with Crippen LogP contribution < -0.4 is 0 Å². The van der Waals surface area contributed by atoms with E-state index in [1.54, 1.807) is 18.2 Å². The van der Waals surface area contributed by atoms with E-state index in [0.717, 1.165) is 5.52 Å². The summed E-state index contributed by atoms with van der Waals surface area (Å²) in [5.74, 6) is 0. The molecule has 2 aromatic rings. The number of rotatable bonds is 1. The van der Waals surface area contributed by atoms with Crippen molar-refractivity contribution >= 4 is 16.9 Å². The van der Waals surface area contributed by atoms with Crippen LogP contribution >= 0.6 is 0 Å². The number of aromatic nitrogens is 1. The Morgan fingerprint density at radius 2 is 2.08 bits per heavy atom. The number of aromatic amines is 1. The molecule has 0 unspecified atom stereocenters. The summed E-state index contributed by atoms with van der Waals surface area (Å²) in [5, 5.41) is 0.630. The number of halogens is 1. The van der Waals surface area contributed by atoms with Gasteiger partial charge in [0.1, 0.15) is 0 Å². The molecule has 0 aliphatic carbocycles. The first-order valence-corrected chi connectivity index (χ1v) is 3.55. The molecule has 0 fully saturated rings. The second-order valence-electron chi connectivity index (χ2n) is 2.52. The maximum Gasteiger partial charge on any atom is 0.334 e. The summed E-state index contributed by atoms with van der Waals surface area (Å²) in [4.78, 5) is 13.2. The molecule has 0 atom stereocenters. The number of hydrogen-bond acceptors (Lipinski definition) is 1. The monoisotopic (exact) mass is 163 g/mol. The Morgan fingerprint density at radius 3 is 2.83 bits per heavy atom. The predicted octanol–water partition coefficient (Wildman–Crippen LogP) is 2.28. The van der Waals surface area contributed by atoms with Crippen molar-refractivity contribution in [2.24, 2.45) is 0 Å². The SMILES string of the molecule is O=C(F)c1c[nH]c2ccccc12. The first kappa shape index (κ1) is 7.03. The number of hydrogen-bond donors (Lipinski definition) is 1. The molecule has 1 aromatic heterocycles. The van der Waals surface area contributed by atoms with Crippen LogP contribution in [0, 0.1) is 0 Å². The summed E-state index contributed by atoms with van der Waals surface area (Å²) in [6.07, 6.45) is 1.38. The smallest absolute Gasteiger partial charge is 0.334 e. The highest BCUT2D eigenvalue weighted by molar-refractivity contribution is 6.03. The molecule has 2 rings (SSSR count). The molecule has 12 heavy (non-hydrogen) atoms. The molecule has 1 aromatic carbocycles. The minimum atomic E-state index is -1.40. The molecule has 0 amide bonds. The largest absolute Gasteiger partial charge is 0.360 e. The van der Waals surface area contributed by atoms with Crippen LogP contribution in [0.5, 0.6) is 0 Å². The highest BCUT2D eigenvalue weighted by atomic mass is 19.1. The molecule has 0 aliphatic rings. The Balaban J connectivity index is 2.79. The molecule has 0 spiro atoms. The maximum absolute atomic E-state index is 12.3. The van der Waals surface area contributed by atoms with E-state index in [2.05, 4.69) is 4.98 Å². The van der Waals surface area contributed by atoms with Crippen LogP contribution in [0.3, 0.4) is 0 Å². The molecule has 1 N–H and O–H groups in total. The Labute approximate surface area is 68.0 Å². The molecule has 1 heterocycles. The Morgan fingerprint density at radius 1 is 1.33 bits per heavy atom. The van der Waals surface area contributed by atoms with Crippen LogP contribution in [0.4, 0.5) is 4.39 Å². The van der Waals surface area contributed by atoms with Gasteiger partial charge in [-0.25, -0.2) is 0 Å². The van der Waals surface area contributed by atoms with E-state index in [1.807, 2.05) is 6.07 Å². The van der Waals surface area contributed by atoms with Gasteiger partial charge in [-0.05, 0) is 6.07 Å². The number of fused-ring (bicyclic) bond motifs is 1. The van der Waals surface area contributed by atoms with Gasteiger partial charge in [0, 0.05) is 17.1 Å². The third-order valence-corrected chi connectivity index (χ3v) is 1.80. The van der Waals surface area contributed by atoms with E-state index in [-0.39, 0.29) is 5.56 Å². The molecule has 2 nitrogen and oxygen atoms in total. The number of benzene rings is 1. The highest BCUT2D eigenvalue weighted by Crippen LogP contribution is 2.17. The summed E-state index contributed by atoms with van der Waals surface area (Å²) in [7, 11) is 0. The molecule has 0 radical (unpaired) electrons. The van der Waals surface area contributed by atoms with Crippen LogP contribution in [0.1, 0.15) is 10.4 Å². The van der Waals surface area contributed by atoms with Crippen LogP contribution in [0.15, 0.2) is 30.5 Å². The van der Waals surface area contributed by atoms with E-state index < -0.39 is 6.04 Å². The van der Waals surface area contributed by atoms with Gasteiger partial charge in [-0.15, -0.1) is 0 Å². The molecule has 3 heteroatoms. The van der Waals surface area contributed by atoms with Crippen molar-refractivity contribution in [2.75, 3.05) is 0 Å². The predicted molar refractivity (Wildman–Crippen MR) is 43.7 cm³/mol. The zero-order valence-corrected chi connectivity index (χ0v) is 6.17. The number of H-pyrrole nitrogens is 1. The fourth-order valence-electron chi connectivity index (χ4n) is 1.23. The first-order chi connectivity index (χ1) is 5.79. The molecule has 0 bridgehead atoms. The highest BCUT2D eigenvalue weighted by Gasteiger charge is 2.09. The zero-order valence-electron chi connectivity index (χ0n) is 6.17. The van der Waals surface area contributed by atoms with Gasteiger partial charge in [-0.1, -0.05) is 18.2 Å². The zero-order chi connectivity index (χ0) is 8.55. The average molecular weight is 163 g/mol. The van der Waals surface area contributed by atoms with Gasteiger partial charge in [-0.2, -0.15) is 4.39 Å². The van der Waals surface area contributed by atoms with Gasteiger partial charge >= 0.3 is 6.04 Å². The van der Waals surface area contributed by atoms with Crippen LogP contribution in [-0.4, -0.2) is 11.0 Å². The number of nitrogens with one attached hydrogen (secondary N) is 1. The van der Waals surface area contributed by atoms with Crippen LogP contribution in [-0.2, 0) is 0 Å². The molecule has 60 valence electrons. The van der Waals surface area contributed by atoms with Crippen LogP contribution in [0.25, 0.3) is 10.9 Å². The summed E-state index contributed by atoms with van der Waals surface area (Å²) in [6.45, 7) is 0. The second-order valence-corrected chi connectivity index (χ2v) is 2.52. The van der Waals surface area contributed by atoms with E-state index in [0.29, 0.717) is 5.39 Å². The standard InChI is InChI=1S/C9H6FNO/c10-9(12)7-5-11-8-4-2-1-3-6(7)8/h1-5,11H. The van der Waals surface area contributed by atoms with E-state index in [1.165, 1.54) is 6.20 Å². The fraction of sp³-hybridized carbons (Fsp3) is 0. The Kier molecular flexibility index (Phi) is 1.43. The molecule has 0 saturated carbocycles. The van der Waals surface area contributed by atoms with E-state index in [9.17, 15) is 9.18 Å². The lowest BCUT2D eigenvalue weighted by Crippen LogP contribution is -1.85. The van der Waals surface area contributed by atoms with Crippen LogP contribution in [0.2, 0.25) is 0 Å². The third-order valence-electron chi connectivity index (χ3n) is 1.80. The number of carbonyl (C=O) groups is 1. The Bertz CT molecular complexity index is 433. The summed E-state index contributed by atoms with van der Waals surface area (Å²) < 4.78 is 12.3. The quantitative estimate of drug-likeness (QED) is 0.642. The average Bonchev–Trinajstić information content (AvgIpc) is 2.47. The summed E-state index contributed by atoms with van der Waals surface area (Å²) in [5.41, 5.74) is 0.879. The van der Waals surface area contributed by atoms with E-state index >= 15 is 0 Å². The lowest BCUT2D eigenvalue weighted by molar-refractivity contribution is 0.0838. The van der Waals surface area contributed by atoms with Gasteiger partial charge < -0.3 is 4.98 Å². The molecular formula is C9H6FNO. The van der Waals surface area contributed by atoms with Crippen molar-refractivity contribution < 1.29 is 9.18 Å². The van der Waals surface area contributed by atoms with Gasteiger partial charge in [0.25, 0.3) is 0 Å². The molecular weight excluding hydrogens is 157 g/mol.